The van der Waals surface area contributed by atoms with Gasteiger partial charge < -0.3 is 20.1 Å². The zero-order valence-electron chi connectivity index (χ0n) is 14.9. The molecule has 0 spiro atoms. The average molecular weight is 425 g/mol. The van der Waals surface area contributed by atoms with Crippen LogP contribution < -0.4 is 20.1 Å². The van der Waals surface area contributed by atoms with Crippen LogP contribution in [0.4, 0.5) is 15.8 Å². The predicted octanol–water partition coefficient (Wildman–Crippen LogP) is 2.69. The monoisotopic (exact) mass is 425 g/mol. The van der Waals surface area contributed by atoms with Gasteiger partial charge in [-0.15, -0.1) is 4.40 Å². The largest absolute Gasteiger partial charge is 0.497 e. The van der Waals surface area contributed by atoms with Gasteiger partial charge in [0.05, 0.1) is 31.3 Å². The molecule has 8 nitrogen and oxygen atoms in total. The minimum Gasteiger partial charge on any atom is -0.497 e. The van der Waals surface area contributed by atoms with Gasteiger partial charge in [-0.1, -0.05) is 11.8 Å². The normalized spacial score (nSPS) is 14.3. The van der Waals surface area contributed by atoms with Gasteiger partial charge >= 0.3 is 0 Å². The Bertz CT molecular complexity index is 1060. The second kappa shape index (κ2) is 8.07. The van der Waals surface area contributed by atoms with Crippen molar-refractivity contribution in [3.8, 4) is 11.5 Å². The number of nitrogens with one attached hydrogen (secondary N) is 2. The molecule has 1 aliphatic rings. The first-order valence-corrected chi connectivity index (χ1v) is 10.3. The predicted molar refractivity (Wildman–Crippen MR) is 105 cm³/mol. The van der Waals surface area contributed by atoms with E-state index in [-0.39, 0.29) is 27.4 Å². The third-order valence-corrected chi connectivity index (χ3v) is 5.99. The molecule has 0 saturated heterocycles. The SMILES string of the molecule is COc1ccc(NC(=O)CSC2=NS(=O)(=O)c3cc(F)ccc3N2)c(OC)c1. The summed E-state index contributed by atoms with van der Waals surface area (Å²) in [7, 11) is -1.06. The molecule has 0 atom stereocenters. The maximum atomic E-state index is 13.3. The number of carbonyl (C=O) groups excluding carboxylic acids is 1. The summed E-state index contributed by atoms with van der Waals surface area (Å²) in [5.41, 5.74) is 0.650. The number of sulfonamides is 1. The lowest BCUT2D eigenvalue weighted by molar-refractivity contribution is -0.113. The minimum atomic E-state index is -4.04. The molecule has 3 rings (SSSR count). The highest BCUT2D eigenvalue weighted by Gasteiger charge is 2.26. The number of benzene rings is 2. The summed E-state index contributed by atoms with van der Waals surface area (Å²) in [5, 5.41) is 5.48. The number of amides is 1. The van der Waals surface area contributed by atoms with E-state index in [1.54, 1.807) is 18.2 Å². The molecular formula is C17H16FN3O5S2. The van der Waals surface area contributed by atoms with Gasteiger partial charge in [0.2, 0.25) is 5.91 Å². The van der Waals surface area contributed by atoms with Crippen molar-refractivity contribution in [2.45, 2.75) is 4.90 Å². The van der Waals surface area contributed by atoms with Crippen molar-refractivity contribution in [3.05, 3.63) is 42.2 Å². The van der Waals surface area contributed by atoms with E-state index in [0.29, 0.717) is 17.2 Å². The summed E-state index contributed by atoms with van der Waals surface area (Å²) in [6.07, 6.45) is 0. The van der Waals surface area contributed by atoms with Gasteiger partial charge in [-0.05, 0) is 30.3 Å². The lowest BCUT2D eigenvalue weighted by Crippen LogP contribution is -2.22. The maximum Gasteiger partial charge on any atom is 0.286 e. The number of hydrogen-bond acceptors (Lipinski definition) is 7. The molecule has 2 aromatic carbocycles. The lowest BCUT2D eigenvalue weighted by Gasteiger charge is -2.17. The van der Waals surface area contributed by atoms with Crippen molar-refractivity contribution in [1.29, 1.82) is 0 Å². The van der Waals surface area contributed by atoms with Crippen LogP contribution in [-0.2, 0) is 14.8 Å². The fraction of sp³-hybridized carbons (Fsp3) is 0.176. The third kappa shape index (κ3) is 4.37. The summed E-state index contributed by atoms with van der Waals surface area (Å²) in [6.45, 7) is 0. The summed E-state index contributed by atoms with van der Waals surface area (Å²) < 4.78 is 51.5. The zero-order valence-corrected chi connectivity index (χ0v) is 16.5. The van der Waals surface area contributed by atoms with Crippen LogP contribution in [0, 0.1) is 5.82 Å². The molecular weight excluding hydrogens is 409 g/mol. The van der Waals surface area contributed by atoms with Crippen LogP contribution in [0.15, 0.2) is 45.7 Å². The Labute approximate surface area is 165 Å². The number of methoxy groups -OCH3 is 2. The number of ether oxygens (including phenoxy) is 2. The Hall–Kier alpha value is -2.79. The molecule has 2 N–H and O–H groups in total. The van der Waals surface area contributed by atoms with E-state index in [1.807, 2.05) is 0 Å². The van der Waals surface area contributed by atoms with Crippen LogP contribution in [0.1, 0.15) is 0 Å². The first-order chi connectivity index (χ1) is 13.3. The molecule has 1 amide bonds. The molecule has 11 heteroatoms. The smallest absolute Gasteiger partial charge is 0.286 e. The first-order valence-electron chi connectivity index (χ1n) is 7.88. The topological polar surface area (TPSA) is 106 Å². The highest BCUT2D eigenvalue weighted by atomic mass is 32.2. The zero-order chi connectivity index (χ0) is 20.3. The molecule has 0 aromatic heterocycles. The molecule has 1 heterocycles. The summed E-state index contributed by atoms with van der Waals surface area (Å²) in [4.78, 5) is 12.0. The van der Waals surface area contributed by atoms with Gasteiger partial charge in [-0.2, -0.15) is 8.42 Å². The van der Waals surface area contributed by atoms with Crippen LogP contribution in [-0.4, -0.2) is 39.5 Å². The fourth-order valence-corrected chi connectivity index (χ4v) is 4.44. The first kappa shape index (κ1) is 20.0. The Kier molecular flexibility index (Phi) is 5.75. The van der Waals surface area contributed by atoms with E-state index in [0.717, 1.165) is 23.9 Å². The Morgan fingerprint density at radius 2 is 2.00 bits per heavy atom. The van der Waals surface area contributed by atoms with Crippen molar-refractivity contribution in [1.82, 2.24) is 0 Å². The molecule has 0 unspecified atom stereocenters. The van der Waals surface area contributed by atoms with Crippen molar-refractivity contribution in [2.75, 3.05) is 30.6 Å². The highest BCUT2D eigenvalue weighted by molar-refractivity contribution is 8.15. The van der Waals surface area contributed by atoms with E-state index in [2.05, 4.69) is 15.0 Å². The standard InChI is InChI=1S/C17H16FN3O5S2/c1-25-11-4-6-12(14(8-11)26-2)19-16(22)9-27-17-20-13-5-3-10(18)7-15(13)28(23,24)21-17/h3-8H,9H2,1-2H3,(H,19,22)(H,20,21). The number of carbonyl (C=O) groups is 1. The molecule has 0 bridgehead atoms. The molecule has 0 aliphatic carbocycles. The average Bonchev–Trinajstić information content (AvgIpc) is 2.67. The van der Waals surface area contributed by atoms with Crippen LogP contribution in [0.5, 0.6) is 11.5 Å². The van der Waals surface area contributed by atoms with Gasteiger partial charge in [-0.25, -0.2) is 4.39 Å². The van der Waals surface area contributed by atoms with Crippen LogP contribution in [0.3, 0.4) is 0 Å². The second-order valence-electron chi connectivity index (χ2n) is 5.54. The van der Waals surface area contributed by atoms with Crippen LogP contribution in [0.25, 0.3) is 0 Å². The number of amidine groups is 1. The van der Waals surface area contributed by atoms with Crippen molar-refractivity contribution < 1.29 is 27.1 Å². The van der Waals surface area contributed by atoms with Gasteiger partial charge in [0.25, 0.3) is 10.0 Å². The van der Waals surface area contributed by atoms with E-state index >= 15 is 0 Å². The molecule has 28 heavy (non-hydrogen) atoms. The molecule has 148 valence electrons. The van der Waals surface area contributed by atoms with Crippen LogP contribution >= 0.6 is 11.8 Å². The number of fused-ring (bicyclic) bond motifs is 1. The van der Waals surface area contributed by atoms with Crippen molar-refractivity contribution in [2.24, 2.45) is 4.40 Å². The Morgan fingerprint density at radius 1 is 1.21 bits per heavy atom. The molecule has 2 aromatic rings. The minimum absolute atomic E-state index is 0.0240. The molecule has 0 fully saturated rings. The number of thioether (sulfide) groups is 1. The third-order valence-electron chi connectivity index (χ3n) is 3.69. The molecule has 0 saturated carbocycles. The molecule has 0 radical (unpaired) electrons. The number of hydrogen-bond donors (Lipinski definition) is 2. The van der Waals surface area contributed by atoms with Crippen LogP contribution in [0.2, 0.25) is 0 Å². The van der Waals surface area contributed by atoms with Crippen molar-refractivity contribution in [3.63, 3.8) is 0 Å². The number of halogens is 1. The summed E-state index contributed by atoms with van der Waals surface area (Å²) in [5.74, 6) is -0.175. The van der Waals surface area contributed by atoms with Gasteiger partial charge in [-0.3, -0.25) is 4.79 Å². The highest BCUT2D eigenvalue weighted by Crippen LogP contribution is 2.31. The maximum absolute atomic E-state index is 13.3. The lowest BCUT2D eigenvalue weighted by atomic mass is 10.2. The summed E-state index contributed by atoms with van der Waals surface area (Å²) >= 11 is 0.904. The Balaban J connectivity index is 1.67. The number of anilines is 2. The number of nitrogens with zero attached hydrogens (tertiary/aromatic N) is 1. The van der Waals surface area contributed by atoms with E-state index in [1.165, 1.54) is 20.3 Å². The summed E-state index contributed by atoms with van der Waals surface area (Å²) in [6, 6.07) is 8.26. The van der Waals surface area contributed by atoms with E-state index < -0.39 is 15.8 Å². The Morgan fingerprint density at radius 3 is 2.71 bits per heavy atom. The number of rotatable bonds is 5. The van der Waals surface area contributed by atoms with E-state index in [4.69, 9.17) is 9.47 Å². The van der Waals surface area contributed by atoms with E-state index in [9.17, 15) is 17.6 Å². The second-order valence-corrected chi connectivity index (χ2v) is 8.08. The van der Waals surface area contributed by atoms with Gasteiger partial charge in [0, 0.05) is 6.07 Å². The molecule has 1 aliphatic heterocycles. The van der Waals surface area contributed by atoms with Gasteiger partial charge in [0.15, 0.2) is 5.17 Å². The van der Waals surface area contributed by atoms with Gasteiger partial charge in [0.1, 0.15) is 22.2 Å². The fourth-order valence-electron chi connectivity index (χ4n) is 2.39. The van der Waals surface area contributed by atoms with Crippen molar-refractivity contribution >= 4 is 44.2 Å². The quantitative estimate of drug-likeness (QED) is 0.759.